The molecule has 1 heteroatoms. The van der Waals surface area contributed by atoms with Crippen molar-refractivity contribution in [1.29, 1.82) is 0 Å². The Kier molecular flexibility index (Phi) is 6.95. The van der Waals surface area contributed by atoms with E-state index in [1.54, 1.807) is 0 Å². The van der Waals surface area contributed by atoms with Crippen molar-refractivity contribution in [3.05, 3.63) is 42.0 Å². The molecule has 4 aliphatic carbocycles. The van der Waals surface area contributed by atoms with Crippen molar-refractivity contribution in [3.8, 4) is 0 Å². The number of hydrogen-bond acceptors (Lipinski definition) is 0. The molecule has 0 aromatic heterocycles. The second-order valence-electron chi connectivity index (χ2n) is 10.9. The summed E-state index contributed by atoms with van der Waals surface area (Å²) in [7, 11) is 0. The molecule has 29 heavy (non-hydrogen) atoms. The topological polar surface area (TPSA) is 0 Å². The quantitative estimate of drug-likeness (QED) is 0.365. The summed E-state index contributed by atoms with van der Waals surface area (Å²) in [5.74, 6) is 1.57. The maximum atomic E-state index is 2.59. The van der Waals surface area contributed by atoms with Crippen LogP contribution in [0.1, 0.15) is 105 Å². The predicted molar refractivity (Wildman–Crippen MR) is 122 cm³/mol. The normalized spacial score (nSPS) is 26.3. The summed E-state index contributed by atoms with van der Waals surface area (Å²) in [6.45, 7) is 10.0. The van der Waals surface area contributed by atoms with Crippen LogP contribution in [0.25, 0.3) is 0 Å². The summed E-state index contributed by atoms with van der Waals surface area (Å²) in [5.41, 5.74) is 4.66. The van der Waals surface area contributed by atoms with Gasteiger partial charge < -0.3 is 0 Å². The first-order chi connectivity index (χ1) is 14.0. The molecule has 2 saturated carbocycles. The zero-order valence-electron chi connectivity index (χ0n) is 19.4. The van der Waals surface area contributed by atoms with Crippen LogP contribution >= 0.6 is 0 Å². The van der Waals surface area contributed by atoms with Crippen LogP contribution in [0, 0.1) is 22.7 Å². The Labute approximate surface area is 192 Å². The Morgan fingerprint density at radius 2 is 1.00 bits per heavy atom. The van der Waals surface area contributed by atoms with Crippen molar-refractivity contribution in [2.24, 2.45) is 22.7 Å². The molecule has 0 spiro atoms. The Hall–Kier alpha value is -0.157. The van der Waals surface area contributed by atoms with E-state index in [0.29, 0.717) is 10.8 Å². The average molecular weight is 470 g/mol. The summed E-state index contributed by atoms with van der Waals surface area (Å²) >= 11 is -0.676. The molecule has 0 aromatic rings. The van der Waals surface area contributed by atoms with E-state index < -0.39 is 23.2 Å². The molecule has 0 aliphatic heterocycles. The molecule has 0 nitrogen and oxygen atoms in total. The Morgan fingerprint density at radius 3 is 1.34 bits per heavy atom. The third-order valence-electron chi connectivity index (χ3n) is 8.94. The van der Waals surface area contributed by atoms with Gasteiger partial charge in [-0.3, -0.25) is 0 Å². The van der Waals surface area contributed by atoms with Crippen LogP contribution in [-0.2, 0) is 23.2 Å². The van der Waals surface area contributed by atoms with Crippen LogP contribution in [0.4, 0.5) is 0 Å². The van der Waals surface area contributed by atoms with E-state index in [0.717, 1.165) is 11.8 Å². The van der Waals surface area contributed by atoms with E-state index in [1.807, 2.05) is 17.7 Å². The molecule has 0 unspecified atom stereocenters. The Morgan fingerprint density at radius 1 is 0.621 bits per heavy atom. The standard InChI is InChI=1S/2C14H21.Zr/c2*1-12(2)14(10-6-3-7-11-14)13-8-4-5-9-13;/h2*4,8,12H,3,5-7,10-11H2,1-2H3;. The fourth-order valence-corrected chi connectivity index (χ4v) is 11.3. The molecule has 4 rings (SSSR count). The second-order valence-corrected chi connectivity index (χ2v) is 14.4. The van der Waals surface area contributed by atoms with E-state index in [4.69, 9.17) is 0 Å². The predicted octanol–water partition coefficient (Wildman–Crippen LogP) is 8.71. The molecule has 0 bridgehead atoms. The van der Waals surface area contributed by atoms with Crippen molar-refractivity contribution in [2.45, 2.75) is 105 Å². The van der Waals surface area contributed by atoms with Crippen LogP contribution in [0.3, 0.4) is 0 Å². The summed E-state index contributed by atoms with van der Waals surface area (Å²) in [6, 6.07) is 0. The van der Waals surface area contributed by atoms with Crippen LogP contribution < -0.4 is 0 Å². The van der Waals surface area contributed by atoms with Gasteiger partial charge in [-0.2, -0.15) is 0 Å². The minimum atomic E-state index is -0.676. The van der Waals surface area contributed by atoms with Gasteiger partial charge in [0.15, 0.2) is 0 Å². The van der Waals surface area contributed by atoms with Crippen LogP contribution in [0.2, 0.25) is 0 Å². The molecule has 0 N–H and O–H groups in total. The molecule has 158 valence electrons. The van der Waals surface area contributed by atoms with Gasteiger partial charge in [0.05, 0.1) is 0 Å². The third-order valence-corrected chi connectivity index (χ3v) is 12.8. The molecule has 4 aliphatic rings. The Bertz CT molecular complexity index is 653. The zero-order chi connectivity index (χ0) is 20.5. The van der Waals surface area contributed by atoms with Gasteiger partial charge in [0.25, 0.3) is 0 Å². The van der Waals surface area contributed by atoms with Gasteiger partial charge in [-0.25, -0.2) is 0 Å². The van der Waals surface area contributed by atoms with E-state index in [1.165, 1.54) is 77.0 Å². The average Bonchev–Trinajstić information content (AvgIpc) is 3.39. The first kappa shape index (κ1) is 22.1. The molecular formula is C28H42Zr. The molecule has 2 fully saturated rings. The fourth-order valence-electron chi connectivity index (χ4n) is 7.04. The minimum absolute atomic E-state index is 0.495. The molecule has 0 aromatic carbocycles. The molecule has 0 atom stereocenters. The summed E-state index contributed by atoms with van der Waals surface area (Å²) in [6.07, 6.45) is 27.2. The van der Waals surface area contributed by atoms with E-state index in [9.17, 15) is 0 Å². The third kappa shape index (κ3) is 4.04. The summed E-state index contributed by atoms with van der Waals surface area (Å²) < 4.78 is 3.88. The van der Waals surface area contributed by atoms with Gasteiger partial charge in [-0.15, -0.1) is 0 Å². The van der Waals surface area contributed by atoms with Crippen molar-refractivity contribution in [2.75, 3.05) is 0 Å². The van der Waals surface area contributed by atoms with Crippen molar-refractivity contribution >= 4 is 0 Å². The van der Waals surface area contributed by atoms with E-state index in [2.05, 4.69) is 52.0 Å². The van der Waals surface area contributed by atoms with Crippen molar-refractivity contribution in [3.63, 3.8) is 0 Å². The van der Waals surface area contributed by atoms with Gasteiger partial charge >= 0.3 is 193 Å². The summed E-state index contributed by atoms with van der Waals surface area (Å²) in [5, 5.41) is 0. The molecule has 0 radical (unpaired) electrons. The molecule has 0 heterocycles. The van der Waals surface area contributed by atoms with Gasteiger partial charge in [0.2, 0.25) is 0 Å². The Balaban J connectivity index is 1.68. The number of rotatable bonds is 6. The SMILES string of the molecule is CC(C)C1(C2=[C]([Zr][C]3=C(C4(C(C)C)CCCCC4)C=CC3)CC=C2)CCCCC1. The first-order valence-corrected chi connectivity index (χ1v) is 15.0. The zero-order valence-corrected chi connectivity index (χ0v) is 21.9. The van der Waals surface area contributed by atoms with Gasteiger partial charge in [-0.1, -0.05) is 0 Å². The molecule has 0 amide bonds. The second kappa shape index (κ2) is 9.14. The maximum absolute atomic E-state index is 2.59. The number of allylic oxidation sites excluding steroid dienone is 8. The van der Waals surface area contributed by atoms with Crippen LogP contribution in [0.15, 0.2) is 42.0 Å². The summed E-state index contributed by atoms with van der Waals surface area (Å²) in [4.78, 5) is 0. The van der Waals surface area contributed by atoms with Crippen LogP contribution in [0.5, 0.6) is 0 Å². The van der Waals surface area contributed by atoms with Crippen molar-refractivity contribution < 1.29 is 23.2 Å². The number of hydrogen-bond donors (Lipinski definition) is 0. The van der Waals surface area contributed by atoms with Gasteiger partial charge in [0, 0.05) is 0 Å². The molecule has 0 saturated heterocycles. The van der Waals surface area contributed by atoms with Gasteiger partial charge in [-0.05, 0) is 0 Å². The van der Waals surface area contributed by atoms with E-state index in [-0.39, 0.29) is 0 Å². The van der Waals surface area contributed by atoms with Crippen molar-refractivity contribution in [1.82, 2.24) is 0 Å². The van der Waals surface area contributed by atoms with E-state index >= 15 is 0 Å². The van der Waals surface area contributed by atoms with Gasteiger partial charge in [0.1, 0.15) is 0 Å². The first-order valence-electron chi connectivity index (χ1n) is 12.6. The monoisotopic (exact) mass is 468 g/mol. The molecular weight excluding hydrogens is 428 g/mol. The fraction of sp³-hybridized carbons (Fsp3) is 0.714. The van der Waals surface area contributed by atoms with Crippen LogP contribution in [-0.4, -0.2) is 0 Å².